The van der Waals surface area contributed by atoms with Gasteiger partial charge in [-0.15, -0.1) is 0 Å². The van der Waals surface area contributed by atoms with E-state index in [2.05, 4.69) is 19.2 Å². The average Bonchev–Trinajstić information content (AvgIpc) is 2.41. The van der Waals surface area contributed by atoms with Crippen molar-refractivity contribution < 1.29 is 14.6 Å². The van der Waals surface area contributed by atoms with Gasteiger partial charge in [0.25, 0.3) is 0 Å². The Labute approximate surface area is 122 Å². The molecule has 114 valence electrons. The Kier molecular flexibility index (Phi) is 7.41. The van der Waals surface area contributed by atoms with E-state index >= 15 is 0 Å². The van der Waals surface area contributed by atoms with Crippen LogP contribution in [-0.2, 0) is 0 Å². The van der Waals surface area contributed by atoms with Crippen molar-refractivity contribution in [2.45, 2.75) is 39.8 Å². The number of nitrogens with one attached hydrogen (secondary N) is 1. The normalized spacial score (nSPS) is 12.8. The lowest BCUT2D eigenvalue weighted by Gasteiger charge is -2.17. The van der Waals surface area contributed by atoms with Crippen molar-refractivity contribution in [2.24, 2.45) is 5.92 Å². The predicted octanol–water partition coefficient (Wildman–Crippen LogP) is 2.46. The van der Waals surface area contributed by atoms with Crippen LogP contribution in [0.1, 0.15) is 27.7 Å². The molecule has 0 unspecified atom stereocenters. The second-order valence-corrected chi connectivity index (χ2v) is 5.68. The maximum Gasteiger partial charge on any atom is 0.161 e. The highest BCUT2D eigenvalue weighted by Crippen LogP contribution is 2.26. The van der Waals surface area contributed by atoms with Crippen molar-refractivity contribution in [3.8, 4) is 11.5 Å². The second kappa shape index (κ2) is 8.82. The number of aliphatic hydroxyl groups excluding tert-OH is 1. The van der Waals surface area contributed by atoms with Crippen molar-refractivity contribution in [2.75, 3.05) is 19.8 Å². The lowest BCUT2D eigenvalue weighted by molar-refractivity contribution is 0.102. The van der Waals surface area contributed by atoms with Crippen LogP contribution >= 0.6 is 0 Å². The molecule has 0 aliphatic rings. The minimum Gasteiger partial charge on any atom is -0.489 e. The number of benzene rings is 1. The molecule has 0 amide bonds. The summed E-state index contributed by atoms with van der Waals surface area (Å²) in [5, 5.41) is 13.0. The molecular formula is C16H27NO3. The minimum atomic E-state index is -0.532. The van der Waals surface area contributed by atoms with Crippen molar-refractivity contribution in [1.29, 1.82) is 0 Å². The van der Waals surface area contributed by atoms with Crippen LogP contribution in [0.15, 0.2) is 24.3 Å². The van der Waals surface area contributed by atoms with Gasteiger partial charge in [-0.3, -0.25) is 0 Å². The van der Waals surface area contributed by atoms with Gasteiger partial charge in [0.05, 0.1) is 6.61 Å². The number of hydrogen-bond donors (Lipinski definition) is 2. The highest BCUT2D eigenvalue weighted by atomic mass is 16.5. The van der Waals surface area contributed by atoms with Gasteiger partial charge < -0.3 is 19.9 Å². The first-order chi connectivity index (χ1) is 9.49. The summed E-state index contributed by atoms with van der Waals surface area (Å²) in [5.74, 6) is 1.87. The number of hydrogen-bond acceptors (Lipinski definition) is 4. The summed E-state index contributed by atoms with van der Waals surface area (Å²) in [6.07, 6.45) is -0.532. The van der Waals surface area contributed by atoms with Crippen molar-refractivity contribution >= 4 is 0 Å². The molecule has 20 heavy (non-hydrogen) atoms. The number of rotatable bonds is 9. The summed E-state index contributed by atoms with van der Waals surface area (Å²) in [6, 6.07) is 7.91. The molecule has 4 nitrogen and oxygen atoms in total. The molecule has 1 aromatic carbocycles. The van der Waals surface area contributed by atoms with Gasteiger partial charge in [-0.05, 0) is 18.1 Å². The van der Waals surface area contributed by atoms with Gasteiger partial charge in [0.1, 0.15) is 12.7 Å². The maximum atomic E-state index is 9.84. The fourth-order valence-corrected chi connectivity index (χ4v) is 1.56. The Hall–Kier alpha value is -1.26. The smallest absolute Gasteiger partial charge is 0.161 e. The first-order valence-electron chi connectivity index (χ1n) is 7.25. The molecule has 0 spiro atoms. The summed E-state index contributed by atoms with van der Waals surface area (Å²) in [7, 11) is 0. The van der Waals surface area contributed by atoms with Gasteiger partial charge in [0, 0.05) is 12.6 Å². The predicted molar refractivity (Wildman–Crippen MR) is 81.4 cm³/mol. The van der Waals surface area contributed by atoms with Crippen LogP contribution in [0.25, 0.3) is 0 Å². The molecule has 0 fully saturated rings. The molecule has 0 aliphatic heterocycles. The first-order valence-corrected chi connectivity index (χ1v) is 7.25. The molecule has 0 heterocycles. The van der Waals surface area contributed by atoms with E-state index in [0.29, 0.717) is 30.9 Å². The van der Waals surface area contributed by atoms with Crippen LogP contribution in [0, 0.1) is 5.92 Å². The van der Waals surface area contributed by atoms with Gasteiger partial charge in [0.15, 0.2) is 11.5 Å². The van der Waals surface area contributed by atoms with Crippen LogP contribution in [-0.4, -0.2) is 37.0 Å². The van der Waals surface area contributed by atoms with Gasteiger partial charge >= 0.3 is 0 Å². The Morgan fingerprint density at radius 2 is 1.55 bits per heavy atom. The maximum absolute atomic E-state index is 9.84. The molecule has 2 N–H and O–H groups in total. The molecule has 0 radical (unpaired) electrons. The quantitative estimate of drug-likeness (QED) is 0.730. The molecule has 0 saturated carbocycles. The standard InChI is InChI=1S/C16H27NO3/c1-12(2)10-19-15-7-5-6-8-16(15)20-11-14(18)9-17-13(3)4/h5-8,12-14,17-18H,9-11H2,1-4H3/t14-/m0/s1. The summed E-state index contributed by atoms with van der Waals surface area (Å²) in [4.78, 5) is 0. The third kappa shape index (κ3) is 6.78. The molecule has 1 rings (SSSR count). The van der Waals surface area contributed by atoms with Crippen LogP contribution in [0.3, 0.4) is 0 Å². The largest absolute Gasteiger partial charge is 0.489 e. The third-order valence-electron chi connectivity index (χ3n) is 2.61. The molecule has 0 aliphatic carbocycles. The van der Waals surface area contributed by atoms with Gasteiger partial charge in [-0.25, -0.2) is 0 Å². The zero-order chi connectivity index (χ0) is 15.0. The zero-order valence-corrected chi connectivity index (χ0v) is 12.9. The molecule has 0 bridgehead atoms. The third-order valence-corrected chi connectivity index (χ3v) is 2.61. The Morgan fingerprint density at radius 3 is 2.05 bits per heavy atom. The van der Waals surface area contributed by atoms with Crippen LogP contribution in [0.2, 0.25) is 0 Å². The Balaban J connectivity index is 2.46. The van der Waals surface area contributed by atoms with E-state index in [1.807, 2.05) is 38.1 Å². The summed E-state index contributed by atoms with van der Waals surface area (Å²) < 4.78 is 11.4. The summed E-state index contributed by atoms with van der Waals surface area (Å²) >= 11 is 0. The molecule has 0 saturated heterocycles. The molecule has 1 aromatic rings. The van der Waals surface area contributed by atoms with Crippen molar-refractivity contribution in [3.63, 3.8) is 0 Å². The van der Waals surface area contributed by atoms with E-state index in [1.165, 1.54) is 0 Å². The second-order valence-electron chi connectivity index (χ2n) is 5.68. The topological polar surface area (TPSA) is 50.7 Å². The minimum absolute atomic E-state index is 0.252. The van der Waals surface area contributed by atoms with E-state index in [0.717, 1.165) is 5.75 Å². The molecular weight excluding hydrogens is 254 g/mol. The van der Waals surface area contributed by atoms with E-state index in [1.54, 1.807) is 0 Å². The lowest BCUT2D eigenvalue weighted by Crippen LogP contribution is -2.35. The molecule has 4 heteroatoms. The number of aliphatic hydroxyl groups is 1. The first kappa shape index (κ1) is 16.8. The van der Waals surface area contributed by atoms with Crippen LogP contribution in [0.4, 0.5) is 0 Å². The fourth-order valence-electron chi connectivity index (χ4n) is 1.56. The monoisotopic (exact) mass is 281 g/mol. The van der Waals surface area contributed by atoms with Gasteiger partial charge in [-0.1, -0.05) is 39.8 Å². The number of para-hydroxylation sites is 2. The molecule has 0 aromatic heterocycles. The lowest BCUT2D eigenvalue weighted by atomic mass is 10.2. The van der Waals surface area contributed by atoms with Crippen LogP contribution in [0.5, 0.6) is 11.5 Å². The van der Waals surface area contributed by atoms with Crippen molar-refractivity contribution in [1.82, 2.24) is 5.32 Å². The van der Waals surface area contributed by atoms with E-state index in [4.69, 9.17) is 9.47 Å². The highest BCUT2D eigenvalue weighted by Gasteiger charge is 2.09. The Bertz CT molecular complexity index is 380. The summed E-state index contributed by atoms with van der Waals surface area (Å²) in [5.41, 5.74) is 0. The van der Waals surface area contributed by atoms with E-state index < -0.39 is 6.10 Å². The van der Waals surface area contributed by atoms with Gasteiger partial charge in [-0.2, -0.15) is 0 Å². The van der Waals surface area contributed by atoms with Gasteiger partial charge in [0.2, 0.25) is 0 Å². The SMILES string of the molecule is CC(C)COc1ccccc1OC[C@@H](O)CNC(C)C. The average molecular weight is 281 g/mol. The highest BCUT2D eigenvalue weighted by molar-refractivity contribution is 5.39. The summed E-state index contributed by atoms with van der Waals surface area (Å²) in [6.45, 7) is 9.72. The Morgan fingerprint density at radius 1 is 1.00 bits per heavy atom. The van der Waals surface area contributed by atoms with E-state index in [-0.39, 0.29) is 6.61 Å². The number of ether oxygens (including phenoxy) is 2. The van der Waals surface area contributed by atoms with E-state index in [9.17, 15) is 5.11 Å². The molecule has 1 atom stereocenters. The van der Waals surface area contributed by atoms with Crippen LogP contribution < -0.4 is 14.8 Å². The van der Waals surface area contributed by atoms with Crippen molar-refractivity contribution in [3.05, 3.63) is 24.3 Å². The fraction of sp³-hybridized carbons (Fsp3) is 0.625. The zero-order valence-electron chi connectivity index (χ0n) is 12.9.